The first-order chi connectivity index (χ1) is 9.24. The Labute approximate surface area is 123 Å². The van der Waals surface area contributed by atoms with Crippen LogP contribution in [0.25, 0.3) is 0 Å². The molecule has 8 heteroatoms. The zero-order valence-corrected chi connectivity index (χ0v) is 13.8. The summed E-state index contributed by atoms with van der Waals surface area (Å²) >= 11 is 0. The van der Waals surface area contributed by atoms with E-state index in [0.29, 0.717) is 18.8 Å². The van der Waals surface area contributed by atoms with Crippen LogP contribution in [-0.2, 0) is 30.4 Å². The van der Waals surface area contributed by atoms with Crippen molar-refractivity contribution >= 4 is 26.8 Å². The predicted octanol–water partition coefficient (Wildman–Crippen LogP) is 0.216. The molecule has 0 amide bonds. The Morgan fingerprint density at radius 3 is 2.70 bits per heavy atom. The molecule has 6 nitrogen and oxygen atoms in total. The predicted molar refractivity (Wildman–Crippen MR) is 78.2 cm³/mol. The molecule has 20 heavy (non-hydrogen) atoms. The Balaban J connectivity index is 2.48. The standard InChI is InChI=1S/C12H23NO5S2/c1-10(12(14)18-2)8-19(15)9-11-5-4-6-13(7-11)20(3,16)17/h10-11H,4-9H2,1-3H3. The molecule has 1 saturated heterocycles. The van der Waals surface area contributed by atoms with Crippen molar-refractivity contribution in [3.8, 4) is 0 Å². The summed E-state index contributed by atoms with van der Waals surface area (Å²) in [5.74, 6) is 0.0504. The monoisotopic (exact) mass is 325 g/mol. The third kappa shape index (κ3) is 5.49. The Bertz CT molecular complexity index is 462. The van der Waals surface area contributed by atoms with E-state index in [1.807, 2.05) is 0 Å². The summed E-state index contributed by atoms with van der Waals surface area (Å²) in [5.41, 5.74) is 0. The van der Waals surface area contributed by atoms with Gasteiger partial charge in [-0.05, 0) is 18.8 Å². The van der Waals surface area contributed by atoms with Crippen molar-refractivity contribution in [3.63, 3.8) is 0 Å². The number of ether oxygens (including phenoxy) is 1. The molecule has 0 bridgehead atoms. The average molecular weight is 325 g/mol. The highest BCUT2D eigenvalue weighted by molar-refractivity contribution is 7.88. The number of esters is 1. The zero-order chi connectivity index (χ0) is 15.3. The van der Waals surface area contributed by atoms with Gasteiger partial charge in [-0.3, -0.25) is 9.00 Å². The van der Waals surface area contributed by atoms with Gasteiger partial charge in [-0.2, -0.15) is 0 Å². The van der Waals surface area contributed by atoms with Crippen LogP contribution in [0.4, 0.5) is 0 Å². The van der Waals surface area contributed by atoms with E-state index >= 15 is 0 Å². The second-order valence-electron chi connectivity index (χ2n) is 5.33. The molecule has 3 unspecified atom stereocenters. The van der Waals surface area contributed by atoms with Gasteiger partial charge in [-0.25, -0.2) is 12.7 Å². The van der Waals surface area contributed by atoms with Crippen molar-refractivity contribution in [1.82, 2.24) is 4.31 Å². The lowest BCUT2D eigenvalue weighted by atomic mass is 10.0. The largest absolute Gasteiger partial charge is 0.469 e. The lowest BCUT2D eigenvalue weighted by Crippen LogP contribution is -2.41. The minimum absolute atomic E-state index is 0.101. The van der Waals surface area contributed by atoms with E-state index in [4.69, 9.17) is 0 Å². The Hall–Kier alpha value is -0.470. The average Bonchev–Trinajstić information content (AvgIpc) is 2.36. The quantitative estimate of drug-likeness (QED) is 0.652. The summed E-state index contributed by atoms with van der Waals surface area (Å²) in [6, 6.07) is 0. The molecule has 1 heterocycles. The second kappa shape index (κ2) is 7.51. The van der Waals surface area contributed by atoms with Gasteiger partial charge in [0.05, 0.1) is 19.3 Å². The molecule has 1 rings (SSSR count). The van der Waals surface area contributed by atoms with Crippen molar-refractivity contribution in [3.05, 3.63) is 0 Å². The third-order valence-electron chi connectivity index (χ3n) is 3.41. The Morgan fingerprint density at radius 2 is 2.15 bits per heavy atom. The van der Waals surface area contributed by atoms with E-state index < -0.39 is 26.7 Å². The summed E-state index contributed by atoms with van der Waals surface area (Å²) < 4.78 is 41.1. The first kappa shape index (κ1) is 17.6. The number of carbonyl (C=O) groups is 1. The van der Waals surface area contributed by atoms with Crippen molar-refractivity contribution in [2.24, 2.45) is 11.8 Å². The second-order valence-corrected chi connectivity index (χ2v) is 8.86. The SMILES string of the molecule is COC(=O)C(C)CS(=O)CC1CCCN(S(C)(=O)=O)C1. The number of piperidine rings is 1. The van der Waals surface area contributed by atoms with Crippen LogP contribution in [0.5, 0.6) is 0 Å². The van der Waals surface area contributed by atoms with Crippen LogP contribution < -0.4 is 0 Å². The molecule has 1 fully saturated rings. The van der Waals surface area contributed by atoms with E-state index in [0.717, 1.165) is 12.8 Å². The maximum absolute atomic E-state index is 12.0. The smallest absolute Gasteiger partial charge is 0.309 e. The Morgan fingerprint density at radius 1 is 1.50 bits per heavy atom. The van der Waals surface area contributed by atoms with Crippen LogP contribution in [0, 0.1) is 11.8 Å². The summed E-state index contributed by atoms with van der Waals surface area (Å²) in [6.07, 6.45) is 2.87. The van der Waals surface area contributed by atoms with Crippen molar-refractivity contribution in [1.29, 1.82) is 0 Å². The molecule has 3 atom stereocenters. The molecule has 0 aliphatic carbocycles. The number of carbonyl (C=O) groups excluding carboxylic acids is 1. The maximum Gasteiger partial charge on any atom is 0.309 e. The fourth-order valence-corrected chi connectivity index (χ4v) is 4.91. The van der Waals surface area contributed by atoms with Crippen LogP contribution in [-0.4, -0.2) is 60.9 Å². The van der Waals surface area contributed by atoms with Gasteiger partial charge in [0.1, 0.15) is 0 Å². The van der Waals surface area contributed by atoms with Crippen LogP contribution in [0.2, 0.25) is 0 Å². The normalized spacial score (nSPS) is 24.1. The lowest BCUT2D eigenvalue weighted by Gasteiger charge is -2.30. The number of hydrogen-bond donors (Lipinski definition) is 0. The van der Waals surface area contributed by atoms with Crippen LogP contribution in [0.15, 0.2) is 0 Å². The fourth-order valence-electron chi connectivity index (χ4n) is 2.34. The molecule has 1 aliphatic heterocycles. The zero-order valence-electron chi connectivity index (χ0n) is 12.2. The van der Waals surface area contributed by atoms with Gasteiger partial charge in [0.15, 0.2) is 0 Å². The first-order valence-electron chi connectivity index (χ1n) is 6.62. The highest BCUT2D eigenvalue weighted by Gasteiger charge is 2.27. The molecule has 0 saturated carbocycles. The van der Waals surface area contributed by atoms with Crippen LogP contribution in [0.1, 0.15) is 19.8 Å². The number of rotatable bonds is 6. The molecule has 1 aliphatic rings. The molecule has 118 valence electrons. The van der Waals surface area contributed by atoms with Crippen molar-refractivity contribution in [2.75, 3.05) is 38.0 Å². The highest BCUT2D eigenvalue weighted by Crippen LogP contribution is 2.20. The minimum Gasteiger partial charge on any atom is -0.469 e. The van der Waals surface area contributed by atoms with E-state index in [1.54, 1.807) is 6.92 Å². The topological polar surface area (TPSA) is 80.8 Å². The van der Waals surface area contributed by atoms with Gasteiger partial charge in [0, 0.05) is 35.4 Å². The van der Waals surface area contributed by atoms with E-state index in [1.165, 1.54) is 17.7 Å². The molecular formula is C12H23NO5S2. The molecule has 0 aromatic rings. The molecule has 0 aromatic heterocycles. The molecule has 0 N–H and O–H groups in total. The lowest BCUT2D eigenvalue weighted by molar-refractivity contribution is -0.144. The number of methoxy groups -OCH3 is 1. The summed E-state index contributed by atoms with van der Waals surface area (Å²) in [5, 5.41) is 0. The van der Waals surface area contributed by atoms with Gasteiger partial charge in [0.2, 0.25) is 10.0 Å². The minimum atomic E-state index is -3.17. The maximum atomic E-state index is 12.0. The third-order valence-corrected chi connectivity index (χ3v) is 6.40. The summed E-state index contributed by atoms with van der Waals surface area (Å²) in [6.45, 7) is 2.66. The van der Waals surface area contributed by atoms with Crippen molar-refractivity contribution < 1.29 is 22.2 Å². The summed E-state index contributed by atoms with van der Waals surface area (Å²) in [7, 11) is -3.00. The number of nitrogens with zero attached hydrogens (tertiary/aromatic N) is 1. The number of hydrogen-bond acceptors (Lipinski definition) is 5. The fraction of sp³-hybridized carbons (Fsp3) is 0.917. The highest BCUT2D eigenvalue weighted by atomic mass is 32.2. The molecule has 0 radical (unpaired) electrons. The van der Waals surface area contributed by atoms with E-state index in [2.05, 4.69) is 4.74 Å². The summed E-state index contributed by atoms with van der Waals surface area (Å²) in [4.78, 5) is 11.3. The molecule has 0 spiro atoms. The van der Waals surface area contributed by atoms with Gasteiger partial charge < -0.3 is 4.74 Å². The van der Waals surface area contributed by atoms with Gasteiger partial charge in [0.25, 0.3) is 0 Å². The van der Waals surface area contributed by atoms with Crippen molar-refractivity contribution in [2.45, 2.75) is 19.8 Å². The first-order valence-corrected chi connectivity index (χ1v) is 9.95. The van der Waals surface area contributed by atoms with Gasteiger partial charge in [-0.1, -0.05) is 6.92 Å². The van der Waals surface area contributed by atoms with Crippen LogP contribution in [0.3, 0.4) is 0 Å². The van der Waals surface area contributed by atoms with Gasteiger partial charge >= 0.3 is 5.97 Å². The van der Waals surface area contributed by atoms with E-state index in [9.17, 15) is 17.4 Å². The number of sulfonamides is 1. The van der Waals surface area contributed by atoms with Gasteiger partial charge in [-0.15, -0.1) is 0 Å². The molecular weight excluding hydrogens is 302 g/mol. The Kier molecular flexibility index (Phi) is 6.60. The van der Waals surface area contributed by atoms with E-state index in [-0.39, 0.29) is 17.6 Å². The van der Waals surface area contributed by atoms with Crippen LogP contribution >= 0.6 is 0 Å². The molecule has 0 aromatic carbocycles.